The van der Waals surface area contributed by atoms with E-state index in [1.54, 1.807) is 6.26 Å². The van der Waals surface area contributed by atoms with Crippen molar-refractivity contribution in [2.45, 2.75) is 12.6 Å². The molecule has 2 saturated heterocycles. The minimum Gasteiger partial charge on any atom is -0.451 e. The van der Waals surface area contributed by atoms with Crippen molar-refractivity contribution in [3.63, 3.8) is 0 Å². The summed E-state index contributed by atoms with van der Waals surface area (Å²) in [5.74, 6) is 2.19. The van der Waals surface area contributed by atoms with Crippen molar-refractivity contribution in [2.75, 3.05) is 44.3 Å². The van der Waals surface area contributed by atoms with Gasteiger partial charge in [-0.3, -0.25) is 9.69 Å². The van der Waals surface area contributed by atoms with Crippen molar-refractivity contribution in [2.24, 2.45) is 0 Å². The highest BCUT2D eigenvalue weighted by Gasteiger charge is 2.31. The van der Waals surface area contributed by atoms with E-state index in [0.717, 1.165) is 36.8 Å². The largest absolute Gasteiger partial charge is 0.451 e. The van der Waals surface area contributed by atoms with Crippen LogP contribution in [0.5, 0.6) is 0 Å². The third-order valence-electron chi connectivity index (χ3n) is 3.62. The molecule has 3 rings (SSSR count). The molecule has 1 aromatic rings. The fourth-order valence-electron chi connectivity index (χ4n) is 2.53. The van der Waals surface area contributed by atoms with E-state index in [1.165, 1.54) is 6.39 Å². The van der Waals surface area contributed by atoms with Crippen LogP contribution in [0.1, 0.15) is 5.69 Å². The monoisotopic (exact) mass is 297 g/mol. The SMILES string of the molecule is O=C(C1CN(Cc2cocn2)CCO1)N1CCSCC1. The molecule has 7 heteroatoms. The second kappa shape index (κ2) is 6.60. The van der Waals surface area contributed by atoms with Crippen molar-refractivity contribution in [1.82, 2.24) is 14.8 Å². The Labute approximate surface area is 122 Å². The zero-order valence-electron chi connectivity index (χ0n) is 11.4. The molecule has 2 aliphatic heterocycles. The van der Waals surface area contributed by atoms with Gasteiger partial charge < -0.3 is 14.1 Å². The van der Waals surface area contributed by atoms with Crippen molar-refractivity contribution in [3.8, 4) is 0 Å². The molecule has 0 aliphatic carbocycles. The third kappa shape index (κ3) is 3.34. The molecule has 1 unspecified atom stereocenters. The standard InChI is InChI=1S/C13H19N3O3S/c17-13(16-2-5-20-6-3-16)12-8-15(1-4-19-12)7-11-9-18-10-14-11/h9-10,12H,1-8H2. The first-order valence-electron chi connectivity index (χ1n) is 6.90. The highest BCUT2D eigenvalue weighted by molar-refractivity contribution is 7.99. The summed E-state index contributed by atoms with van der Waals surface area (Å²) in [7, 11) is 0. The second-order valence-corrected chi connectivity index (χ2v) is 6.24. The molecule has 0 N–H and O–H groups in total. The van der Waals surface area contributed by atoms with Crippen LogP contribution in [0, 0.1) is 0 Å². The maximum atomic E-state index is 12.4. The summed E-state index contributed by atoms with van der Waals surface area (Å²) >= 11 is 1.90. The van der Waals surface area contributed by atoms with Crippen LogP contribution in [0.4, 0.5) is 0 Å². The molecule has 2 fully saturated rings. The number of hydrogen-bond acceptors (Lipinski definition) is 6. The molecule has 3 heterocycles. The van der Waals surface area contributed by atoms with E-state index in [0.29, 0.717) is 19.7 Å². The zero-order valence-corrected chi connectivity index (χ0v) is 12.2. The number of thioether (sulfide) groups is 1. The van der Waals surface area contributed by atoms with Gasteiger partial charge in [-0.25, -0.2) is 4.98 Å². The fraction of sp³-hybridized carbons (Fsp3) is 0.692. The lowest BCUT2D eigenvalue weighted by Crippen LogP contribution is -2.52. The number of aromatic nitrogens is 1. The number of amides is 1. The number of rotatable bonds is 3. The molecule has 0 bridgehead atoms. The van der Waals surface area contributed by atoms with Crippen molar-refractivity contribution in [3.05, 3.63) is 18.4 Å². The Morgan fingerprint density at radius 3 is 3.00 bits per heavy atom. The molecule has 110 valence electrons. The number of nitrogens with zero attached hydrogens (tertiary/aromatic N) is 3. The van der Waals surface area contributed by atoms with E-state index in [-0.39, 0.29) is 12.0 Å². The lowest BCUT2D eigenvalue weighted by atomic mass is 10.2. The number of morpholine rings is 1. The van der Waals surface area contributed by atoms with Crippen molar-refractivity contribution >= 4 is 17.7 Å². The number of ether oxygens (including phenoxy) is 1. The topological polar surface area (TPSA) is 58.8 Å². The van der Waals surface area contributed by atoms with Crippen LogP contribution in [-0.2, 0) is 16.1 Å². The van der Waals surface area contributed by atoms with Gasteiger partial charge >= 0.3 is 0 Å². The van der Waals surface area contributed by atoms with E-state index in [1.807, 2.05) is 16.7 Å². The fourth-order valence-corrected chi connectivity index (χ4v) is 3.43. The summed E-state index contributed by atoms with van der Waals surface area (Å²) in [5.41, 5.74) is 0.896. The Balaban J connectivity index is 1.55. The quantitative estimate of drug-likeness (QED) is 0.807. The van der Waals surface area contributed by atoms with E-state index in [4.69, 9.17) is 9.15 Å². The van der Waals surface area contributed by atoms with Crippen LogP contribution < -0.4 is 0 Å². The van der Waals surface area contributed by atoms with Crippen LogP contribution >= 0.6 is 11.8 Å². The second-order valence-electron chi connectivity index (χ2n) is 5.01. The molecule has 1 atom stereocenters. The summed E-state index contributed by atoms with van der Waals surface area (Å²) in [6, 6.07) is 0. The molecule has 6 nitrogen and oxygen atoms in total. The van der Waals surface area contributed by atoms with Gasteiger partial charge in [-0.2, -0.15) is 11.8 Å². The minimum absolute atomic E-state index is 0.134. The summed E-state index contributed by atoms with van der Waals surface area (Å²) in [5, 5.41) is 0. The summed E-state index contributed by atoms with van der Waals surface area (Å²) < 4.78 is 10.6. The van der Waals surface area contributed by atoms with Gasteiger partial charge in [0.1, 0.15) is 12.4 Å². The van der Waals surface area contributed by atoms with Gasteiger partial charge in [-0.05, 0) is 0 Å². The van der Waals surface area contributed by atoms with Crippen LogP contribution in [0.2, 0.25) is 0 Å². The van der Waals surface area contributed by atoms with Gasteiger partial charge in [0.25, 0.3) is 5.91 Å². The summed E-state index contributed by atoms with van der Waals surface area (Å²) in [6.07, 6.45) is 2.75. The first-order chi connectivity index (χ1) is 9.83. The van der Waals surface area contributed by atoms with Crippen LogP contribution in [0.3, 0.4) is 0 Å². The lowest BCUT2D eigenvalue weighted by Gasteiger charge is -2.35. The lowest BCUT2D eigenvalue weighted by molar-refractivity contribution is -0.149. The molecule has 0 aromatic carbocycles. The molecule has 1 aromatic heterocycles. The van der Waals surface area contributed by atoms with Crippen molar-refractivity contribution < 1.29 is 13.9 Å². The van der Waals surface area contributed by atoms with Crippen molar-refractivity contribution in [1.29, 1.82) is 0 Å². The molecule has 1 amide bonds. The molecule has 0 spiro atoms. The molecule has 2 aliphatic rings. The summed E-state index contributed by atoms with van der Waals surface area (Å²) in [4.78, 5) is 20.7. The average Bonchev–Trinajstić information content (AvgIpc) is 3.01. The van der Waals surface area contributed by atoms with Gasteiger partial charge in [0.15, 0.2) is 6.39 Å². The van der Waals surface area contributed by atoms with Gasteiger partial charge in [-0.15, -0.1) is 0 Å². The Morgan fingerprint density at radius 1 is 1.40 bits per heavy atom. The van der Waals surface area contributed by atoms with E-state index < -0.39 is 0 Å². The molecular weight excluding hydrogens is 278 g/mol. The smallest absolute Gasteiger partial charge is 0.253 e. The Bertz CT molecular complexity index is 434. The number of oxazole rings is 1. The first-order valence-corrected chi connectivity index (χ1v) is 8.06. The zero-order chi connectivity index (χ0) is 13.8. The van der Waals surface area contributed by atoms with Crippen LogP contribution in [-0.4, -0.2) is 71.1 Å². The average molecular weight is 297 g/mol. The number of carbonyl (C=O) groups is 1. The highest BCUT2D eigenvalue weighted by atomic mass is 32.2. The Hall–Kier alpha value is -1.05. The van der Waals surface area contributed by atoms with Gasteiger partial charge in [-0.1, -0.05) is 0 Å². The normalized spacial score (nSPS) is 24.8. The maximum Gasteiger partial charge on any atom is 0.253 e. The van der Waals surface area contributed by atoms with E-state index >= 15 is 0 Å². The predicted octanol–water partition coefficient (Wildman–Crippen LogP) is 0.451. The maximum absolute atomic E-state index is 12.4. The summed E-state index contributed by atoms with van der Waals surface area (Å²) in [6.45, 7) is 4.44. The number of carbonyl (C=O) groups excluding carboxylic acids is 1. The molecule has 0 saturated carbocycles. The van der Waals surface area contributed by atoms with Gasteiger partial charge in [0.05, 0.1) is 12.3 Å². The highest BCUT2D eigenvalue weighted by Crippen LogP contribution is 2.15. The predicted molar refractivity (Wildman–Crippen MR) is 75.4 cm³/mol. The van der Waals surface area contributed by atoms with Crippen LogP contribution in [0.25, 0.3) is 0 Å². The Morgan fingerprint density at radius 2 is 2.25 bits per heavy atom. The van der Waals surface area contributed by atoms with E-state index in [2.05, 4.69) is 9.88 Å². The molecule has 20 heavy (non-hydrogen) atoms. The molecular formula is C13H19N3O3S. The Kier molecular flexibility index (Phi) is 4.59. The third-order valence-corrected chi connectivity index (χ3v) is 4.56. The molecule has 0 radical (unpaired) electrons. The number of hydrogen-bond donors (Lipinski definition) is 0. The van der Waals surface area contributed by atoms with E-state index in [9.17, 15) is 4.79 Å². The minimum atomic E-state index is -0.334. The van der Waals surface area contributed by atoms with Gasteiger partial charge in [0.2, 0.25) is 0 Å². The first kappa shape index (κ1) is 13.9. The van der Waals surface area contributed by atoms with Gasteiger partial charge in [0, 0.05) is 44.2 Å². The van der Waals surface area contributed by atoms with Crippen LogP contribution in [0.15, 0.2) is 17.1 Å².